The van der Waals surface area contributed by atoms with Crippen molar-refractivity contribution in [3.05, 3.63) is 24.3 Å². The van der Waals surface area contributed by atoms with E-state index in [-0.39, 0.29) is 35.2 Å². The van der Waals surface area contributed by atoms with E-state index < -0.39 is 10.3 Å². The van der Waals surface area contributed by atoms with Crippen molar-refractivity contribution in [2.24, 2.45) is 0 Å². The van der Waals surface area contributed by atoms with Crippen LogP contribution in [0.15, 0.2) is 24.3 Å². The zero-order valence-electron chi connectivity index (χ0n) is 8.56. The van der Waals surface area contributed by atoms with E-state index >= 15 is 0 Å². The molecule has 0 aliphatic carbocycles. The summed E-state index contributed by atoms with van der Waals surface area (Å²) in [6.45, 7) is 2.29. The van der Waals surface area contributed by atoms with Crippen molar-refractivity contribution in [2.75, 3.05) is 11.3 Å². The van der Waals surface area contributed by atoms with Crippen LogP contribution in [-0.2, 0) is 10.3 Å². The first-order chi connectivity index (χ1) is 6.51. The predicted octanol–water partition coefficient (Wildman–Crippen LogP) is -2.04. The van der Waals surface area contributed by atoms with Gasteiger partial charge in [-0.3, -0.25) is 4.72 Å². The van der Waals surface area contributed by atoms with Gasteiger partial charge in [-0.2, -0.15) is 0 Å². The van der Waals surface area contributed by atoms with Crippen LogP contribution < -0.4 is 39.0 Å². The Morgan fingerprint density at radius 2 is 2.13 bits per heavy atom. The second-order valence-corrected chi connectivity index (χ2v) is 3.63. The molecule has 0 spiro atoms. The third-order valence-electron chi connectivity index (χ3n) is 1.39. The van der Waals surface area contributed by atoms with Crippen LogP contribution in [0.3, 0.4) is 0 Å². The first-order valence-corrected chi connectivity index (χ1v) is 5.38. The molecule has 78 valence electrons. The third kappa shape index (κ3) is 6.01. The molecule has 0 saturated heterocycles. The van der Waals surface area contributed by atoms with E-state index in [2.05, 4.69) is 0 Å². The van der Waals surface area contributed by atoms with Gasteiger partial charge in [0.15, 0.2) is 10.3 Å². The number of hydrogen-bond acceptors (Lipinski definition) is 4. The number of rotatable bonds is 4. The molecule has 0 aliphatic rings. The monoisotopic (exact) mass is 239 g/mol. The Kier molecular flexibility index (Phi) is 6.23. The van der Waals surface area contributed by atoms with E-state index in [0.29, 0.717) is 12.4 Å². The second-order valence-electron chi connectivity index (χ2n) is 2.52. The maximum Gasteiger partial charge on any atom is 1.00 e. The standard InChI is InChI=1S/C8H11NO4S.Na/c1-2-13-8-5-3-4-7(6-8)9-14(10,11)12;/h3-6,9H,2H2,1H3,(H,10,11,12);/q;+1/p-1. The minimum absolute atomic E-state index is 0. The fraction of sp³-hybridized carbons (Fsp3) is 0.250. The topological polar surface area (TPSA) is 78.5 Å². The molecule has 15 heavy (non-hydrogen) atoms. The average Bonchev–Trinajstić information content (AvgIpc) is 2.02. The van der Waals surface area contributed by atoms with Crippen LogP contribution >= 0.6 is 0 Å². The Bertz CT molecular complexity index is 407. The Morgan fingerprint density at radius 3 is 2.67 bits per heavy atom. The zero-order valence-corrected chi connectivity index (χ0v) is 11.4. The van der Waals surface area contributed by atoms with E-state index in [9.17, 15) is 13.0 Å². The fourth-order valence-corrected chi connectivity index (χ4v) is 1.38. The molecule has 1 aromatic carbocycles. The summed E-state index contributed by atoms with van der Waals surface area (Å²) in [5.41, 5.74) is 0.200. The van der Waals surface area contributed by atoms with Crippen LogP contribution in [0.25, 0.3) is 0 Å². The first kappa shape index (κ1) is 14.7. The summed E-state index contributed by atoms with van der Waals surface area (Å²) in [5.74, 6) is 0.515. The average molecular weight is 239 g/mol. The van der Waals surface area contributed by atoms with Crippen LogP contribution in [0, 0.1) is 0 Å². The van der Waals surface area contributed by atoms with Crippen molar-refractivity contribution in [3.8, 4) is 5.75 Å². The SMILES string of the molecule is CCOc1cccc(NS(=O)(=O)[O-])c1.[Na+]. The molecule has 0 fully saturated rings. The van der Waals surface area contributed by atoms with Gasteiger partial charge in [0, 0.05) is 6.07 Å². The van der Waals surface area contributed by atoms with Gasteiger partial charge in [-0.05, 0) is 19.1 Å². The smallest absolute Gasteiger partial charge is 0.731 e. The van der Waals surface area contributed by atoms with Gasteiger partial charge in [0.05, 0.1) is 12.3 Å². The molecule has 0 unspecified atom stereocenters. The minimum atomic E-state index is -4.46. The van der Waals surface area contributed by atoms with Crippen molar-refractivity contribution < 1.29 is 47.3 Å². The second kappa shape index (κ2) is 6.34. The Hall–Kier alpha value is -0.270. The minimum Gasteiger partial charge on any atom is -0.731 e. The zero-order chi connectivity index (χ0) is 10.6. The number of benzene rings is 1. The van der Waals surface area contributed by atoms with Crippen LogP contribution in [0.4, 0.5) is 5.69 Å². The summed E-state index contributed by atoms with van der Waals surface area (Å²) in [5, 5.41) is 0. The molecular formula is C8H10NNaO4S. The normalized spacial score (nSPS) is 10.3. The Balaban J connectivity index is 0.00000196. The summed E-state index contributed by atoms with van der Waals surface area (Å²) in [7, 11) is -4.46. The van der Waals surface area contributed by atoms with E-state index in [0.717, 1.165) is 0 Å². The number of hydrogen-bond donors (Lipinski definition) is 1. The van der Waals surface area contributed by atoms with Gasteiger partial charge in [0.1, 0.15) is 5.75 Å². The molecule has 0 aliphatic heterocycles. The van der Waals surface area contributed by atoms with E-state index in [1.165, 1.54) is 12.1 Å². The van der Waals surface area contributed by atoms with Crippen molar-refractivity contribution in [3.63, 3.8) is 0 Å². The Morgan fingerprint density at radius 1 is 1.47 bits per heavy atom. The summed E-state index contributed by atoms with van der Waals surface area (Å²) in [6, 6.07) is 6.18. The molecule has 1 aromatic rings. The van der Waals surface area contributed by atoms with Gasteiger partial charge in [-0.1, -0.05) is 6.07 Å². The summed E-state index contributed by atoms with van der Waals surface area (Å²) >= 11 is 0. The Labute approximate surface area is 111 Å². The van der Waals surface area contributed by atoms with Gasteiger partial charge >= 0.3 is 29.6 Å². The molecule has 0 amide bonds. The van der Waals surface area contributed by atoms with Crippen LogP contribution in [-0.4, -0.2) is 19.6 Å². The van der Waals surface area contributed by atoms with Gasteiger partial charge in [0.2, 0.25) is 0 Å². The number of ether oxygens (including phenoxy) is 1. The molecule has 7 heteroatoms. The summed E-state index contributed by atoms with van der Waals surface area (Å²) < 4.78 is 38.0. The largest absolute Gasteiger partial charge is 1.00 e. The molecule has 1 rings (SSSR count). The number of nitrogens with one attached hydrogen (secondary N) is 1. The van der Waals surface area contributed by atoms with Crippen molar-refractivity contribution in [1.82, 2.24) is 0 Å². The van der Waals surface area contributed by atoms with E-state index in [1.807, 2.05) is 11.6 Å². The van der Waals surface area contributed by atoms with Crippen molar-refractivity contribution >= 4 is 16.0 Å². The molecule has 0 saturated carbocycles. The molecule has 0 atom stereocenters. The van der Waals surface area contributed by atoms with Gasteiger partial charge in [0.25, 0.3) is 0 Å². The molecule has 0 heterocycles. The molecule has 0 aromatic heterocycles. The summed E-state index contributed by atoms with van der Waals surface area (Å²) in [6.07, 6.45) is 0. The molecular weight excluding hydrogens is 229 g/mol. The molecule has 0 radical (unpaired) electrons. The van der Waals surface area contributed by atoms with Crippen molar-refractivity contribution in [1.29, 1.82) is 0 Å². The van der Waals surface area contributed by atoms with E-state index in [4.69, 9.17) is 4.74 Å². The number of anilines is 1. The van der Waals surface area contributed by atoms with Gasteiger partial charge in [-0.15, -0.1) is 0 Å². The van der Waals surface area contributed by atoms with E-state index in [1.54, 1.807) is 12.1 Å². The molecule has 5 nitrogen and oxygen atoms in total. The fourth-order valence-electron chi connectivity index (χ4n) is 0.960. The quantitative estimate of drug-likeness (QED) is 0.485. The van der Waals surface area contributed by atoms with Gasteiger partial charge in [-0.25, -0.2) is 8.42 Å². The van der Waals surface area contributed by atoms with Crippen molar-refractivity contribution in [2.45, 2.75) is 6.92 Å². The van der Waals surface area contributed by atoms with Crippen LogP contribution in [0.1, 0.15) is 6.92 Å². The predicted molar refractivity (Wildman–Crippen MR) is 50.9 cm³/mol. The maximum absolute atomic E-state index is 10.4. The summed E-state index contributed by atoms with van der Waals surface area (Å²) in [4.78, 5) is 0. The molecule has 1 N–H and O–H groups in total. The van der Waals surface area contributed by atoms with Crippen LogP contribution in [0.2, 0.25) is 0 Å². The van der Waals surface area contributed by atoms with Crippen LogP contribution in [0.5, 0.6) is 5.75 Å². The third-order valence-corrected chi connectivity index (χ3v) is 1.87. The first-order valence-electron chi connectivity index (χ1n) is 3.98. The molecule has 0 bridgehead atoms. The van der Waals surface area contributed by atoms with Gasteiger partial charge < -0.3 is 9.29 Å². The maximum atomic E-state index is 10.4.